The van der Waals surface area contributed by atoms with Crippen molar-refractivity contribution in [3.63, 3.8) is 0 Å². The van der Waals surface area contributed by atoms with Gasteiger partial charge in [0.1, 0.15) is 12.6 Å². The number of carboxylic acids is 1. The van der Waals surface area contributed by atoms with E-state index in [1.165, 1.54) is 32.1 Å². The molecule has 0 rings (SSSR count). The van der Waals surface area contributed by atoms with Gasteiger partial charge in [-0.3, -0.25) is 9.59 Å². The van der Waals surface area contributed by atoms with Crippen LogP contribution < -0.4 is 5.11 Å². The van der Waals surface area contributed by atoms with Crippen LogP contribution in [0.4, 0.5) is 0 Å². The molecule has 2 unspecified atom stereocenters. The molecule has 0 aliphatic rings. The molecule has 282 valence electrons. The molecule has 8 nitrogen and oxygen atoms in total. The third kappa shape index (κ3) is 31.0. The third-order valence-corrected chi connectivity index (χ3v) is 8.26. The summed E-state index contributed by atoms with van der Waals surface area (Å²) in [5, 5.41) is 11.6. The van der Waals surface area contributed by atoms with E-state index in [0.717, 1.165) is 77.0 Å². The fraction of sp³-hybridized carbons (Fsp3) is 0.732. The number of carbonyl (C=O) groups excluding carboxylic acids is 3. The molecule has 0 aliphatic carbocycles. The molecule has 0 amide bonds. The van der Waals surface area contributed by atoms with Crippen molar-refractivity contribution in [2.24, 2.45) is 0 Å². The summed E-state index contributed by atoms with van der Waals surface area (Å²) < 4.78 is 17.0. The predicted octanol–water partition coefficient (Wildman–Crippen LogP) is 8.35. The van der Waals surface area contributed by atoms with Gasteiger partial charge in [0.15, 0.2) is 6.10 Å². The minimum absolute atomic E-state index is 0.0308. The van der Waals surface area contributed by atoms with E-state index in [4.69, 9.17) is 14.2 Å². The second kappa shape index (κ2) is 32.5. The van der Waals surface area contributed by atoms with Crippen LogP contribution in [-0.2, 0) is 28.6 Å². The lowest BCUT2D eigenvalue weighted by molar-refractivity contribution is -0.889. The maximum Gasteiger partial charge on any atom is 0.306 e. The van der Waals surface area contributed by atoms with Crippen LogP contribution in [0.3, 0.4) is 0 Å². The lowest BCUT2D eigenvalue weighted by Crippen LogP contribution is -2.55. The van der Waals surface area contributed by atoms with Gasteiger partial charge in [-0.2, -0.15) is 0 Å². The standard InChI is InChI=1S/C41H71NO7/c1-6-8-10-12-14-16-18-19-20-21-22-24-26-28-30-32-40(44)49-37(35-47-34-33-38(41(45)46)42(3,4)5)36-48-39(43)31-29-27-25-23-17-15-13-11-9-7-2/h8,10,12-16,18,37-38H,6-7,9,11,17,19-36H2,1-5H3/b10-8+,14-12+,15-13+,18-16+. The normalized spacial score (nSPS) is 13.6. The van der Waals surface area contributed by atoms with Gasteiger partial charge in [-0.25, -0.2) is 0 Å². The molecule has 8 heteroatoms. The number of likely N-dealkylation sites (N-methyl/N-ethyl adjacent to an activating group) is 1. The molecule has 0 N–H and O–H groups in total. The average Bonchev–Trinajstić information content (AvgIpc) is 3.05. The number of hydrogen-bond donors (Lipinski definition) is 0. The number of nitrogens with zero attached hydrogens (tertiary/aromatic N) is 1. The zero-order valence-corrected chi connectivity index (χ0v) is 31.8. The van der Waals surface area contributed by atoms with E-state index < -0.39 is 18.1 Å². The van der Waals surface area contributed by atoms with Crippen LogP contribution >= 0.6 is 0 Å². The van der Waals surface area contributed by atoms with E-state index >= 15 is 0 Å². The quantitative estimate of drug-likeness (QED) is 0.0224. The molecule has 0 saturated heterocycles. The summed E-state index contributed by atoms with van der Waals surface area (Å²) in [6.07, 6.45) is 35.6. The summed E-state index contributed by atoms with van der Waals surface area (Å²) in [6.45, 7) is 4.44. The first-order chi connectivity index (χ1) is 23.6. The minimum atomic E-state index is -1.13. The summed E-state index contributed by atoms with van der Waals surface area (Å²) in [5.41, 5.74) is 0. The van der Waals surface area contributed by atoms with Gasteiger partial charge in [0.05, 0.1) is 40.3 Å². The Morgan fingerprint density at radius 2 is 1.16 bits per heavy atom. The Bertz CT molecular complexity index is 948. The number of quaternary nitrogens is 1. The fourth-order valence-corrected chi connectivity index (χ4v) is 5.23. The van der Waals surface area contributed by atoms with Gasteiger partial charge < -0.3 is 28.6 Å². The SMILES string of the molecule is CC/C=C/C=C/C=C/CCCCCCCCCC(=O)OC(COCCC(C(=O)[O-])[N+](C)(C)C)COC(=O)CCCCCC/C=C/CCCC. The average molecular weight is 690 g/mol. The van der Waals surface area contributed by atoms with Crippen LogP contribution in [0, 0.1) is 0 Å². The Kier molecular flexibility index (Phi) is 30.7. The van der Waals surface area contributed by atoms with Crippen molar-refractivity contribution >= 4 is 17.9 Å². The fourth-order valence-electron chi connectivity index (χ4n) is 5.23. The van der Waals surface area contributed by atoms with E-state index in [1.54, 1.807) is 21.1 Å². The topological polar surface area (TPSA) is 102 Å². The third-order valence-electron chi connectivity index (χ3n) is 8.26. The van der Waals surface area contributed by atoms with Crippen LogP contribution in [0.25, 0.3) is 0 Å². The Balaban J connectivity index is 4.45. The van der Waals surface area contributed by atoms with Crippen molar-refractivity contribution in [3.05, 3.63) is 48.6 Å². The monoisotopic (exact) mass is 690 g/mol. The van der Waals surface area contributed by atoms with Crippen molar-refractivity contribution in [3.8, 4) is 0 Å². The Morgan fingerprint density at radius 3 is 1.73 bits per heavy atom. The first-order valence-electron chi connectivity index (χ1n) is 19.2. The van der Waals surface area contributed by atoms with Crippen molar-refractivity contribution < 1.29 is 38.2 Å². The lowest BCUT2D eigenvalue weighted by Gasteiger charge is -2.34. The molecule has 0 radical (unpaired) electrons. The molecular weight excluding hydrogens is 618 g/mol. The molecule has 2 atom stereocenters. The number of allylic oxidation sites excluding steroid dienone is 8. The van der Waals surface area contributed by atoms with Crippen LogP contribution in [-0.4, -0.2) is 75.5 Å². The lowest BCUT2D eigenvalue weighted by atomic mass is 10.1. The molecule has 0 fully saturated rings. The zero-order valence-electron chi connectivity index (χ0n) is 31.8. The Labute approximate surface area is 299 Å². The van der Waals surface area contributed by atoms with E-state index in [2.05, 4.69) is 62.5 Å². The molecular formula is C41H71NO7. The summed E-state index contributed by atoms with van der Waals surface area (Å²) >= 11 is 0. The Hall–Kier alpha value is -2.71. The number of rotatable bonds is 33. The molecule has 0 aromatic carbocycles. The molecule has 0 heterocycles. The van der Waals surface area contributed by atoms with E-state index in [9.17, 15) is 19.5 Å². The number of aliphatic carboxylic acids is 1. The Morgan fingerprint density at radius 1 is 0.633 bits per heavy atom. The van der Waals surface area contributed by atoms with Gasteiger partial charge in [0.25, 0.3) is 0 Å². The highest BCUT2D eigenvalue weighted by atomic mass is 16.6. The molecule has 0 aromatic heterocycles. The van der Waals surface area contributed by atoms with Gasteiger partial charge in [-0.15, -0.1) is 0 Å². The number of unbranched alkanes of at least 4 members (excludes halogenated alkanes) is 13. The van der Waals surface area contributed by atoms with Crippen molar-refractivity contribution in [1.29, 1.82) is 0 Å². The van der Waals surface area contributed by atoms with E-state index in [-0.39, 0.29) is 42.7 Å². The molecule has 49 heavy (non-hydrogen) atoms. The number of ether oxygens (including phenoxy) is 3. The minimum Gasteiger partial charge on any atom is -0.544 e. The second-order valence-electron chi connectivity index (χ2n) is 13.8. The highest BCUT2D eigenvalue weighted by Gasteiger charge is 2.25. The van der Waals surface area contributed by atoms with Crippen LogP contribution in [0.5, 0.6) is 0 Å². The summed E-state index contributed by atoms with van der Waals surface area (Å²) in [6, 6.07) is -0.729. The highest BCUT2D eigenvalue weighted by molar-refractivity contribution is 5.70. The maximum absolute atomic E-state index is 12.6. The number of carboxylic acid groups (broad SMARTS) is 1. The van der Waals surface area contributed by atoms with Gasteiger partial charge >= 0.3 is 11.9 Å². The van der Waals surface area contributed by atoms with Crippen molar-refractivity contribution in [2.45, 2.75) is 154 Å². The van der Waals surface area contributed by atoms with Crippen LogP contribution in [0.2, 0.25) is 0 Å². The predicted molar refractivity (Wildman–Crippen MR) is 199 cm³/mol. The number of esters is 2. The summed E-state index contributed by atoms with van der Waals surface area (Å²) in [5.74, 6) is -1.78. The summed E-state index contributed by atoms with van der Waals surface area (Å²) in [4.78, 5) is 36.6. The molecule has 0 saturated carbocycles. The van der Waals surface area contributed by atoms with E-state index in [1.807, 2.05) is 0 Å². The number of hydrogen-bond acceptors (Lipinski definition) is 7. The van der Waals surface area contributed by atoms with Gasteiger partial charge in [-0.05, 0) is 51.4 Å². The zero-order chi connectivity index (χ0) is 36.4. The highest BCUT2D eigenvalue weighted by Crippen LogP contribution is 2.13. The van der Waals surface area contributed by atoms with Crippen molar-refractivity contribution in [1.82, 2.24) is 0 Å². The second-order valence-corrected chi connectivity index (χ2v) is 13.8. The van der Waals surface area contributed by atoms with Gasteiger partial charge in [0.2, 0.25) is 0 Å². The molecule has 0 aromatic rings. The molecule has 0 spiro atoms. The summed E-state index contributed by atoms with van der Waals surface area (Å²) in [7, 11) is 5.38. The van der Waals surface area contributed by atoms with Gasteiger partial charge in [-0.1, -0.05) is 120 Å². The molecule has 0 bridgehead atoms. The van der Waals surface area contributed by atoms with E-state index in [0.29, 0.717) is 12.8 Å². The van der Waals surface area contributed by atoms with Crippen LogP contribution in [0.15, 0.2) is 48.6 Å². The largest absolute Gasteiger partial charge is 0.544 e. The first-order valence-corrected chi connectivity index (χ1v) is 19.2. The number of carbonyl (C=O) groups is 3. The maximum atomic E-state index is 12.6. The van der Waals surface area contributed by atoms with Crippen LogP contribution in [0.1, 0.15) is 142 Å². The first kappa shape index (κ1) is 46.3. The van der Waals surface area contributed by atoms with Gasteiger partial charge in [0, 0.05) is 19.3 Å². The smallest absolute Gasteiger partial charge is 0.306 e. The molecule has 0 aliphatic heterocycles. The van der Waals surface area contributed by atoms with Crippen molar-refractivity contribution in [2.75, 3.05) is 41.0 Å².